The van der Waals surface area contributed by atoms with E-state index < -0.39 is 33.6 Å². The van der Waals surface area contributed by atoms with Crippen LogP contribution in [0.1, 0.15) is 18.9 Å². The topological polar surface area (TPSA) is 74.7 Å². The van der Waals surface area contributed by atoms with Crippen molar-refractivity contribution in [1.82, 2.24) is 4.31 Å². The van der Waals surface area contributed by atoms with Gasteiger partial charge < -0.3 is 5.11 Å². The van der Waals surface area contributed by atoms with Gasteiger partial charge in [0.1, 0.15) is 11.9 Å². The number of sulfonamides is 1. The Kier molecular flexibility index (Phi) is 4.55. The maximum atomic E-state index is 13.2. The van der Waals surface area contributed by atoms with Crippen molar-refractivity contribution in [1.29, 1.82) is 0 Å². The minimum absolute atomic E-state index is 0.125. The SMILES string of the molecule is CC1CCN(S(=O)(=O)Cc2cc(F)ccc2Cl)C1C(=O)O. The standard InChI is InChI=1S/C13H15ClFNO4S/c1-8-4-5-16(12(8)13(17)18)21(19,20)7-9-6-10(15)2-3-11(9)14/h2-3,6,8,12H,4-5,7H2,1H3,(H,17,18). The third-order valence-corrected chi connectivity index (χ3v) is 5.78. The second kappa shape index (κ2) is 5.90. The summed E-state index contributed by atoms with van der Waals surface area (Å²) in [6.45, 7) is 1.84. The molecule has 0 aromatic heterocycles. The molecule has 2 unspecified atom stereocenters. The molecule has 21 heavy (non-hydrogen) atoms. The van der Waals surface area contributed by atoms with Crippen LogP contribution < -0.4 is 0 Å². The summed E-state index contributed by atoms with van der Waals surface area (Å²) >= 11 is 5.87. The molecular formula is C13H15ClFNO4S. The molecule has 2 rings (SSSR count). The number of hydrogen-bond donors (Lipinski definition) is 1. The lowest BCUT2D eigenvalue weighted by atomic mass is 10.0. The molecule has 1 aliphatic rings. The molecule has 116 valence electrons. The third-order valence-electron chi connectivity index (χ3n) is 3.61. The first-order valence-corrected chi connectivity index (χ1v) is 8.37. The second-order valence-corrected chi connectivity index (χ2v) is 7.48. The zero-order valence-corrected chi connectivity index (χ0v) is 12.9. The summed E-state index contributed by atoms with van der Waals surface area (Å²) in [6, 6.07) is 2.39. The molecule has 0 radical (unpaired) electrons. The van der Waals surface area contributed by atoms with Crippen molar-refractivity contribution in [3.63, 3.8) is 0 Å². The minimum atomic E-state index is -3.88. The molecule has 1 aromatic rings. The van der Waals surface area contributed by atoms with Crippen molar-refractivity contribution in [2.24, 2.45) is 5.92 Å². The van der Waals surface area contributed by atoms with E-state index in [0.29, 0.717) is 6.42 Å². The first-order chi connectivity index (χ1) is 9.72. The first kappa shape index (κ1) is 16.2. The van der Waals surface area contributed by atoms with E-state index in [1.165, 1.54) is 6.07 Å². The van der Waals surface area contributed by atoms with Crippen LogP contribution in [0.25, 0.3) is 0 Å². The van der Waals surface area contributed by atoms with Crippen LogP contribution in [0.2, 0.25) is 5.02 Å². The quantitative estimate of drug-likeness (QED) is 0.914. The van der Waals surface area contributed by atoms with E-state index in [4.69, 9.17) is 11.6 Å². The van der Waals surface area contributed by atoms with Gasteiger partial charge in [0.25, 0.3) is 0 Å². The molecule has 1 fully saturated rings. The monoisotopic (exact) mass is 335 g/mol. The molecule has 0 spiro atoms. The summed E-state index contributed by atoms with van der Waals surface area (Å²) in [5, 5.41) is 9.33. The van der Waals surface area contributed by atoms with Crippen LogP contribution >= 0.6 is 11.6 Å². The van der Waals surface area contributed by atoms with Gasteiger partial charge in [0, 0.05) is 11.6 Å². The molecular weight excluding hydrogens is 321 g/mol. The highest BCUT2D eigenvalue weighted by Crippen LogP contribution is 2.29. The number of benzene rings is 1. The van der Waals surface area contributed by atoms with Gasteiger partial charge in [0.05, 0.1) is 5.75 Å². The van der Waals surface area contributed by atoms with Crippen molar-refractivity contribution in [2.75, 3.05) is 6.54 Å². The summed E-state index contributed by atoms with van der Waals surface area (Å²) in [5.41, 5.74) is 0.125. The number of halogens is 2. The normalized spacial score (nSPS) is 23.4. The molecule has 1 saturated heterocycles. The van der Waals surface area contributed by atoms with Crippen LogP contribution in [0.4, 0.5) is 4.39 Å². The molecule has 0 aliphatic carbocycles. The highest BCUT2D eigenvalue weighted by Gasteiger charge is 2.43. The van der Waals surface area contributed by atoms with Gasteiger partial charge in [-0.3, -0.25) is 4.79 Å². The molecule has 0 bridgehead atoms. The lowest BCUT2D eigenvalue weighted by Crippen LogP contribution is -2.43. The molecule has 8 heteroatoms. The Bertz CT molecular complexity index is 664. The number of hydrogen-bond acceptors (Lipinski definition) is 3. The van der Waals surface area contributed by atoms with Crippen LogP contribution in [0.3, 0.4) is 0 Å². The van der Waals surface area contributed by atoms with Gasteiger partial charge >= 0.3 is 5.97 Å². The first-order valence-electron chi connectivity index (χ1n) is 6.38. The van der Waals surface area contributed by atoms with E-state index in [1.807, 2.05) is 0 Å². The average molecular weight is 336 g/mol. The summed E-state index contributed by atoms with van der Waals surface area (Å²) < 4.78 is 39.0. The highest BCUT2D eigenvalue weighted by molar-refractivity contribution is 7.88. The summed E-state index contributed by atoms with van der Waals surface area (Å²) in [4.78, 5) is 11.3. The van der Waals surface area contributed by atoms with Crippen LogP contribution in [0.15, 0.2) is 18.2 Å². The lowest BCUT2D eigenvalue weighted by Gasteiger charge is -2.23. The Hall–Kier alpha value is -1.18. The van der Waals surface area contributed by atoms with E-state index in [1.54, 1.807) is 6.92 Å². The van der Waals surface area contributed by atoms with Crippen LogP contribution in [-0.2, 0) is 20.6 Å². The van der Waals surface area contributed by atoms with Gasteiger partial charge in [-0.05, 0) is 36.1 Å². The van der Waals surface area contributed by atoms with Crippen molar-refractivity contribution >= 4 is 27.6 Å². The fourth-order valence-electron chi connectivity index (χ4n) is 2.52. The molecule has 1 aromatic carbocycles. The van der Waals surface area contributed by atoms with Crippen molar-refractivity contribution in [2.45, 2.75) is 25.1 Å². The van der Waals surface area contributed by atoms with E-state index in [0.717, 1.165) is 16.4 Å². The van der Waals surface area contributed by atoms with Gasteiger partial charge in [0.2, 0.25) is 10.0 Å². The molecule has 2 atom stereocenters. The van der Waals surface area contributed by atoms with Crippen LogP contribution in [-0.4, -0.2) is 36.4 Å². The van der Waals surface area contributed by atoms with E-state index in [9.17, 15) is 22.7 Å². The predicted octanol–water partition coefficient (Wildman–Crippen LogP) is 2.10. The van der Waals surface area contributed by atoms with Crippen molar-refractivity contribution in [3.8, 4) is 0 Å². The van der Waals surface area contributed by atoms with Gasteiger partial charge in [-0.2, -0.15) is 4.31 Å². The molecule has 1 N–H and O–H groups in total. The fraction of sp³-hybridized carbons (Fsp3) is 0.462. The van der Waals surface area contributed by atoms with E-state index in [-0.39, 0.29) is 23.0 Å². The summed E-state index contributed by atoms with van der Waals surface area (Å²) in [6.07, 6.45) is 0.479. The fourth-order valence-corrected chi connectivity index (χ4v) is 4.61. The largest absolute Gasteiger partial charge is 0.480 e. The Balaban J connectivity index is 2.30. The van der Waals surface area contributed by atoms with Crippen molar-refractivity contribution < 1.29 is 22.7 Å². The van der Waals surface area contributed by atoms with Crippen LogP contribution in [0.5, 0.6) is 0 Å². The molecule has 5 nitrogen and oxygen atoms in total. The number of rotatable bonds is 4. The maximum Gasteiger partial charge on any atom is 0.322 e. The minimum Gasteiger partial charge on any atom is -0.480 e. The maximum absolute atomic E-state index is 13.2. The van der Waals surface area contributed by atoms with Gasteiger partial charge in [-0.15, -0.1) is 0 Å². The Morgan fingerprint density at radius 2 is 2.19 bits per heavy atom. The van der Waals surface area contributed by atoms with Gasteiger partial charge in [-0.1, -0.05) is 18.5 Å². The summed E-state index contributed by atoms with van der Waals surface area (Å²) in [5.74, 6) is -2.54. The Morgan fingerprint density at radius 3 is 2.81 bits per heavy atom. The lowest BCUT2D eigenvalue weighted by molar-refractivity contribution is -0.141. The number of carbonyl (C=O) groups is 1. The Labute approximate surface area is 127 Å². The highest BCUT2D eigenvalue weighted by atomic mass is 35.5. The smallest absolute Gasteiger partial charge is 0.322 e. The third kappa shape index (κ3) is 3.36. The van der Waals surface area contributed by atoms with Gasteiger partial charge in [0.15, 0.2) is 0 Å². The zero-order valence-electron chi connectivity index (χ0n) is 11.3. The number of nitrogens with zero attached hydrogens (tertiary/aromatic N) is 1. The number of aliphatic carboxylic acids is 1. The Morgan fingerprint density at radius 1 is 1.52 bits per heavy atom. The molecule has 0 amide bonds. The van der Waals surface area contributed by atoms with Crippen LogP contribution in [0, 0.1) is 11.7 Å². The van der Waals surface area contributed by atoms with E-state index >= 15 is 0 Å². The van der Waals surface area contributed by atoms with E-state index in [2.05, 4.69) is 0 Å². The molecule has 1 heterocycles. The predicted molar refractivity (Wildman–Crippen MR) is 75.9 cm³/mol. The second-order valence-electron chi connectivity index (χ2n) is 5.15. The number of carboxylic acid groups (broad SMARTS) is 1. The summed E-state index contributed by atoms with van der Waals surface area (Å²) in [7, 11) is -3.88. The van der Waals surface area contributed by atoms with Gasteiger partial charge in [-0.25, -0.2) is 12.8 Å². The molecule has 0 saturated carbocycles. The number of carboxylic acids is 1. The average Bonchev–Trinajstić information content (AvgIpc) is 2.76. The van der Waals surface area contributed by atoms with Crippen molar-refractivity contribution in [3.05, 3.63) is 34.6 Å². The zero-order chi connectivity index (χ0) is 15.8. The molecule has 1 aliphatic heterocycles.